The predicted octanol–water partition coefficient (Wildman–Crippen LogP) is 3.05. The van der Waals surface area contributed by atoms with Crippen molar-refractivity contribution in [3.8, 4) is 0 Å². The lowest BCUT2D eigenvalue weighted by atomic mass is 10.0. The maximum absolute atomic E-state index is 13.3. The molecule has 0 aliphatic carbocycles. The van der Waals surface area contributed by atoms with Gasteiger partial charge in [-0.15, -0.1) is 0 Å². The second kappa shape index (κ2) is 8.85. The van der Waals surface area contributed by atoms with Crippen LogP contribution in [0.25, 0.3) is 10.9 Å². The number of fused-ring (bicyclic) bond motifs is 1. The SMILES string of the molecule is Cc1cc(NC(=O)CN2CCN(C(=O)c3cc(C(C)C)nc4ccccc34)CC2)no1. The zero-order valence-corrected chi connectivity index (χ0v) is 18.1. The molecule has 0 bridgehead atoms. The van der Waals surface area contributed by atoms with Gasteiger partial charge < -0.3 is 14.7 Å². The van der Waals surface area contributed by atoms with Crippen molar-refractivity contribution in [1.29, 1.82) is 0 Å². The molecular formula is C23H27N5O3. The Labute approximate surface area is 181 Å². The number of aromatic nitrogens is 2. The van der Waals surface area contributed by atoms with Crippen LogP contribution in [0.15, 0.2) is 40.9 Å². The Bertz CT molecular complexity index is 1100. The number of hydrogen-bond donors (Lipinski definition) is 1. The van der Waals surface area contributed by atoms with Crippen LogP contribution in [0, 0.1) is 6.92 Å². The molecule has 1 fully saturated rings. The van der Waals surface area contributed by atoms with Crippen molar-refractivity contribution in [2.45, 2.75) is 26.7 Å². The molecule has 0 unspecified atom stereocenters. The van der Waals surface area contributed by atoms with Crippen molar-refractivity contribution in [2.24, 2.45) is 0 Å². The summed E-state index contributed by atoms with van der Waals surface area (Å²) in [4.78, 5) is 34.2. The predicted molar refractivity (Wildman–Crippen MR) is 118 cm³/mol. The summed E-state index contributed by atoms with van der Waals surface area (Å²) in [7, 11) is 0. The summed E-state index contributed by atoms with van der Waals surface area (Å²) >= 11 is 0. The van der Waals surface area contributed by atoms with Gasteiger partial charge in [-0.3, -0.25) is 19.5 Å². The lowest BCUT2D eigenvalue weighted by Crippen LogP contribution is -2.50. The van der Waals surface area contributed by atoms with E-state index in [9.17, 15) is 9.59 Å². The van der Waals surface area contributed by atoms with Gasteiger partial charge in [0.25, 0.3) is 5.91 Å². The van der Waals surface area contributed by atoms with Crippen molar-refractivity contribution in [1.82, 2.24) is 19.9 Å². The number of carbonyl (C=O) groups is 2. The van der Waals surface area contributed by atoms with Crippen LogP contribution in [0.2, 0.25) is 0 Å². The van der Waals surface area contributed by atoms with Gasteiger partial charge in [0.2, 0.25) is 5.91 Å². The van der Waals surface area contributed by atoms with Gasteiger partial charge >= 0.3 is 0 Å². The van der Waals surface area contributed by atoms with Crippen molar-refractivity contribution < 1.29 is 14.1 Å². The minimum atomic E-state index is -0.144. The largest absolute Gasteiger partial charge is 0.360 e. The van der Waals surface area contributed by atoms with E-state index in [-0.39, 0.29) is 24.3 Å². The summed E-state index contributed by atoms with van der Waals surface area (Å²) < 4.78 is 4.96. The summed E-state index contributed by atoms with van der Waals surface area (Å²) in [6.45, 7) is 8.60. The molecule has 8 nitrogen and oxygen atoms in total. The maximum Gasteiger partial charge on any atom is 0.254 e. The molecular weight excluding hydrogens is 394 g/mol. The van der Waals surface area contributed by atoms with Crippen LogP contribution in [-0.2, 0) is 4.79 Å². The summed E-state index contributed by atoms with van der Waals surface area (Å²) in [6, 6.07) is 11.4. The molecule has 1 saturated heterocycles. The highest BCUT2D eigenvalue weighted by Crippen LogP contribution is 2.24. The molecule has 162 valence electrons. The monoisotopic (exact) mass is 421 g/mol. The topological polar surface area (TPSA) is 91.6 Å². The third-order valence-electron chi connectivity index (χ3n) is 5.48. The molecule has 2 amide bonds. The lowest BCUT2D eigenvalue weighted by Gasteiger charge is -2.34. The molecule has 1 N–H and O–H groups in total. The third kappa shape index (κ3) is 4.74. The van der Waals surface area contributed by atoms with Gasteiger partial charge in [0.05, 0.1) is 17.6 Å². The molecule has 0 atom stereocenters. The summed E-state index contributed by atoms with van der Waals surface area (Å²) in [5, 5.41) is 7.39. The highest BCUT2D eigenvalue weighted by Gasteiger charge is 2.25. The Morgan fingerprint density at radius 3 is 2.55 bits per heavy atom. The normalized spacial score (nSPS) is 14.9. The Balaban J connectivity index is 1.41. The third-order valence-corrected chi connectivity index (χ3v) is 5.48. The van der Waals surface area contributed by atoms with Crippen LogP contribution in [0.1, 0.15) is 41.6 Å². The molecule has 4 rings (SSSR count). The van der Waals surface area contributed by atoms with E-state index in [0.29, 0.717) is 43.3 Å². The zero-order chi connectivity index (χ0) is 22.0. The van der Waals surface area contributed by atoms with E-state index < -0.39 is 0 Å². The highest BCUT2D eigenvalue weighted by atomic mass is 16.5. The number of piperazine rings is 1. The van der Waals surface area contributed by atoms with Gasteiger partial charge in [-0.25, -0.2) is 0 Å². The van der Waals surface area contributed by atoms with Crippen LogP contribution >= 0.6 is 0 Å². The number of pyridine rings is 1. The van der Waals surface area contributed by atoms with Gasteiger partial charge in [-0.2, -0.15) is 0 Å². The molecule has 1 aliphatic rings. The zero-order valence-electron chi connectivity index (χ0n) is 18.1. The Morgan fingerprint density at radius 2 is 1.87 bits per heavy atom. The van der Waals surface area contributed by atoms with Crippen molar-refractivity contribution in [3.05, 3.63) is 53.4 Å². The van der Waals surface area contributed by atoms with E-state index in [4.69, 9.17) is 9.51 Å². The Morgan fingerprint density at radius 1 is 1.13 bits per heavy atom. The van der Waals surface area contributed by atoms with E-state index >= 15 is 0 Å². The molecule has 1 aromatic carbocycles. The minimum absolute atomic E-state index is 0.0164. The fourth-order valence-electron chi connectivity index (χ4n) is 3.76. The second-order valence-corrected chi connectivity index (χ2v) is 8.21. The number of amides is 2. The number of carbonyl (C=O) groups excluding carboxylic acids is 2. The number of para-hydroxylation sites is 1. The van der Waals surface area contributed by atoms with Crippen molar-refractivity contribution in [3.63, 3.8) is 0 Å². The Hall–Kier alpha value is -3.26. The number of aryl methyl sites for hydroxylation is 1. The molecule has 1 aliphatic heterocycles. The van der Waals surface area contributed by atoms with E-state index in [1.54, 1.807) is 13.0 Å². The van der Waals surface area contributed by atoms with Gasteiger partial charge in [0.15, 0.2) is 5.82 Å². The van der Waals surface area contributed by atoms with Crippen LogP contribution < -0.4 is 5.32 Å². The molecule has 8 heteroatoms. The van der Waals surface area contributed by atoms with E-state index in [1.807, 2.05) is 40.1 Å². The number of anilines is 1. The van der Waals surface area contributed by atoms with E-state index in [0.717, 1.165) is 16.6 Å². The van der Waals surface area contributed by atoms with Crippen LogP contribution in [0.5, 0.6) is 0 Å². The highest BCUT2D eigenvalue weighted by molar-refractivity contribution is 6.06. The number of nitrogens with zero attached hydrogens (tertiary/aromatic N) is 4. The summed E-state index contributed by atoms with van der Waals surface area (Å²) in [6.07, 6.45) is 0. The average molecular weight is 422 g/mol. The molecule has 3 heterocycles. The first-order valence-corrected chi connectivity index (χ1v) is 10.5. The molecule has 0 saturated carbocycles. The first-order chi connectivity index (χ1) is 14.9. The fourth-order valence-corrected chi connectivity index (χ4v) is 3.76. The van der Waals surface area contributed by atoms with E-state index in [1.165, 1.54) is 0 Å². The number of rotatable bonds is 5. The first-order valence-electron chi connectivity index (χ1n) is 10.5. The van der Waals surface area contributed by atoms with E-state index in [2.05, 4.69) is 24.3 Å². The van der Waals surface area contributed by atoms with Gasteiger partial charge in [-0.05, 0) is 25.0 Å². The van der Waals surface area contributed by atoms with Gasteiger partial charge in [0.1, 0.15) is 5.76 Å². The molecule has 3 aromatic rings. The minimum Gasteiger partial charge on any atom is -0.360 e. The first kappa shape index (κ1) is 21.0. The Kier molecular flexibility index (Phi) is 5.99. The summed E-state index contributed by atoms with van der Waals surface area (Å²) in [5.41, 5.74) is 2.46. The molecule has 0 radical (unpaired) electrons. The summed E-state index contributed by atoms with van der Waals surface area (Å²) in [5.74, 6) is 1.17. The van der Waals surface area contributed by atoms with Gasteiger partial charge in [0, 0.05) is 43.3 Å². The maximum atomic E-state index is 13.3. The fraction of sp³-hybridized carbons (Fsp3) is 0.391. The average Bonchev–Trinajstić information content (AvgIpc) is 3.17. The quantitative estimate of drug-likeness (QED) is 0.681. The molecule has 31 heavy (non-hydrogen) atoms. The van der Waals surface area contributed by atoms with Crippen molar-refractivity contribution in [2.75, 3.05) is 38.0 Å². The standard InChI is InChI=1S/C23H27N5O3/c1-15(2)20-13-18(17-6-4-5-7-19(17)24-20)23(30)28-10-8-27(9-11-28)14-22(29)25-21-12-16(3)31-26-21/h4-7,12-13,15H,8-11,14H2,1-3H3,(H,25,26,29). The number of hydrogen-bond acceptors (Lipinski definition) is 6. The number of benzene rings is 1. The van der Waals surface area contributed by atoms with Crippen LogP contribution in [0.4, 0.5) is 5.82 Å². The number of nitrogens with one attached hydrogen (secondary N) is 1. The smallest absolute Gasteiger partial charge is 0.254 e. The van der Waals surface area contributed by atoms with Crippen LogP contribution in [-0.4, -0.2) is 64.5 Å². The molecule has 0 spiro atoms. The lowest BCUT2D eigenvalue weighted by molar-refractivity contribution is -0.117. The van der Waals surface area contributed by atoms with Crippen LogP contribution in [0.3, 0.4) is 0 Å². The second-order valence-electron chi connectivity index (χ2n) is 8.21. The van der Waals surface area contributed by atoms with Gasteiger partial charge in [-0.1, -0.05) is 37.2 Å². The molecule has 2 aromatic heterocycles. The van der Waals surface area contributed by atoms with Crippen molar-refractivity contribution >= 4 is 28.5 Å².